The average molecular weight is 257 g/mol. The number of carbonyl (C=O) groups is 1. The molecule has 1 atom stereocenters. The van der Waals surface area contributed by atoms with E-state index >= 15 is 0 Å². The van der Waals surface area contributed by atoms with Crippen LogP contribution in [0, 0.1) is 0 Å². The molecule has 0 aromatic heterocycles. The minimum Gasteiger partial charge on any atom is -0.465 e. The van der Waals surface area contributed by atoms with E-state index in [1.165, 1.54) is 7.11 Å². The molecule has 0 aliphatic carbocycles. The number of hydrogen-bond donors (Lipinski definition) is 0. The van der Waals surface area contributed by atoms with Gasteiger partial charge in [0.1, 0.15) is 0 Å². The summed E-state index contributed by atoms with van der Waals surface area (Å²) in [4.78, 5) is 11.7. The number of alkyl halides is 1. The third-order valence-electron chi connectivity index (χ3n) is 1.92. The van der Waals surface area contributed by atoms with Crippen molar-refractivity contribution >= 4 is 21.9 Å². The second-order valence-electron chi connectivity index (χ2n) is 3.13. The standard InChI is InChI=1S/C11H13BrO2/c1-8(12)7-9-5-3-4-6-10(9)11(13)14-2/h3-6,8H,7H2,1-2H3. The first-order valence-electron chi connectivity index (χ1n) is 4.45. The molecule has 0 bridgehead atoms. The fourth-order valence-corrected chi connectivity index (χ4v) is 1.66. The number of rotatable bonds is 3. The summed E-state index contributed by atoms with van der Waals surface area (Å²) >= 11 is 3.46. The Kier molecular flexibility index (Phi) is 4.14. The van der Waals surface area contributed by atoms with E-state index in [-0.39, 0.29) is 5.97 Å². The Morgan fingerprint density at radius 3 is 2.71 bits per heavy atom. The van der Waals surface area contributed by atoms with Crippen LogP contribution in [0.25, 0.3) is 0 Å². The van der Waals surface area contributed by atoms with Crippen molar-refractivity contribution in [2.75, 3.05) is 7.11 Å². The van der Waals surface area contributed by atoms with Crippen molar-refractivity contribution < 1.29 is 9.53 Å². The first-order chi connectivity index (χ1) is 6.65. The van der Waals surface area contributed by atoms with Gasteiger partial charge in [-0.05, 0) is 18.1 Å². The van der Waals surface area contributed by atoms with Gasteiger partial charge in [-0.25, -0.2) is 4.79 Å². The smallest absolute Gasteiger partial charge is 0.338 e. The van der Waals surface area contributed by atoms with E-state index in [9.17, 15) is 4.79 Å². The number of hydrogen-bond acceptors (Lipinski definition) is 2. The summed E-state index contributed by atoms with van der Waals surface area (Å²) in [6.07, 6.45) is 0.825. The molecule has 3 heteroatoms. The van der Waals surface area contributed by atoms with E-state index in [1.807, 2.05) is 25.1 Å². The molecule has 1 aromatic carbocycles. The maximum atomic E-state index is 11.4. The van der Waals surface area contributed by atoms with E-state index in [4.69, 9.17) is 4.74 Å². The molecule has 2 nitrogen and oxygen atoms in total. The first-order valence-corrected chi connectivity index (χ1v) is 5.37. The summed E-state index contributed by atoms with van der Waals surface area (Å²) < 4.78 is 4.70. The summed E-state index contributed by atoms with van der Waals surface area (Å²) in [6.45, 7) is 2.05. The summed E-state index contributed by atoms with van der Waals surface area (Å²) in [5.41, 5.74) is 1.67. The Bertz CT molecular complexity index is 321. The highest BCUT2D eigenvalue weighted by Gasteiger charge is 2.11. The van der Waals surface area contributed by atoms with Crippen LogP contribution in [-0.4, -0.2) is 17.9 Å². The fraction of sp³-hybridized carbons (Fsp3) is 0.364. The lowest BCUT2D eigenvalue weighted by atomic mass is 10.0. The molecule has 0 heterocycles. The van der Waals surface area contributed by atoms with Crippen LogP contribution in [0.2, 0.25) is 0 Å². The van der Waals surface area contributed by atoms with Crippen LogP contribution in [0.1, 0.15) is 22.8 Å². The van der Waals surface area contributed by atoms with Crippen LogP contribution < -0.4 is 0 Å². The SMILES string of the molecule is COC(=O)c1ccccc1CC(C)Br. The van der Waals surface area contributed by atoms with Gasteiger partial charge in [-0.2, -0.15) is 0 Å². The topological polar surface area (TPSA) is 26.3 Å². The number of ether oxygens (including phenoxy) is 1. The lowest BCUT2D eigenvalue weighted by Gasteiger charge is -2.08. The minimum absolute atomic E-state index is 0.270. The van der Waals surface area contributed by atoms with Gasteiger partial charge in [0.2, 0.25) is 0 Å². The van der Waals surface area contributed by atoms with Crippen molar-refractivity contribution in [2.24, 2.45) is 0 Å². The monoisotopic (exact) mass is 256 g/mol. The van der Waals surface area contributed by atoms with E-state index in [0.717, 1.165) is 12.0 Å². The highest BCUT2D eigenvalue weighted by Crippen LogP contribution is 2.15. The van der Waals surface area contributed by atoms with Crippen LogP contribution >= 0.6 is 15.9 Å². The number of carbonyl (C=O) groups excluding carboxylic acids is 1. The predicted octanol–water partition coefficient (Wildman–Crippen LogP) is 2.80. The van der Waals surface area contributed by atoms with Gasteiger partial charge in [-0.3, -0.25) is 0 Å². The van der Waals surface area contributed by atoms with Crippen LogP contribution in [0.3, 0.4) is 0 Å². The Balaban J connectivity index is 2.97. The summed E-state index contributed by atoms with van der Waals surface area (Å²) in [6, 6.07) is 7.51. The predicted molar refractivity (Wildman–Crippen MR) is 59.9 cm³/mol. The van der Waals surface area contributed by atoms with Crippen molar-refractivity contribution in [3.63, 3.8) is 0 Å². The molecule has 14 heavy (non-hydrogen) atoms. The van der Waals surface area contributed by atoms with Gasteiger partial charge < -0.3 is 4.74 Å². The van der Waals surface area contributed by atoms with Crippen LogP contribution in [-0.2, 0) is 11.2 Å². The minimum atomic E-state index is -0.270. The molecule has 1 aromatic rings. The molecule has 0 saturated heterocycles. The quantitative estimate of drug-likeness (QED) is 0.614. The van der Waals surface area contributed by atoms with Gasteiger partial charge in [-0.15, -0.1) is 0 Å². The highest BCUT2D eigenvalue weighted by atomic mass is 79.9. The number of halogens is 1. The highest BCUT2D eigenvalue weighted by molar-refractivity contribution is 9.09. The lowest BCUT2D eigenvalue weighted by molar-refractivity contribution is 0.0599. The van der Waals surface area contributed by atoms with Gasteiger partial charge in [0.25, 0.3) is 0 Å². The fourth-order valence-electron chi connectivity index (χ4n) is 1.31. The molecule has 76 valence electrons. The molecule has 0 radical (unpaired) electrons. The van der Waals surface area contributed by atoms with Gasteiger partial charge in [0.15, 0.2) is 0 Å². The Morgan fingerprint density at radius 2 is 2.14 bits per heavy atom. The summed E-state index contributed by atoms with van der Waals surface area (Å²) in [7, 11) is 1.40. The number of benzene rings is 1. The Morgan fingerprint density at radius 1 is 1.50 bits per heavy atom. The lowest BCUT2D eigenvalue weighted by Crippen LogP contribution is -2.08. The molecule has 0 saturated carbocycles. The van der Waals surface area contributed by atoms with Gasteiger partial charge in [0.05, 0.1) is 12.7 Å². The molecule has 0 N–H and O–H groups in total. The molecule has 1 unspecified atom stereocenters. The van der Waals surface area contributed by atoms with Crippen LogP contribution in [0.5, 0.6) is 0 Å². The third-order valence-corrected chi connectivity index (χ3v) is 2.25. The van der Waals surface area contributed by atoms with Gasteiger partial charge >= 0.3 is 5.97 Å². The van der Waals surface area contributed by atoms with Gasteiger partial charge in [-0.1, -0.05) is 41.1 Å². The maximum Gasteiger partial charge on any atom is 0.338 e. The zero-order valence-corrected chi connectivity index (χ0v) is 9.87. The average Bonchev–Trinajstić information content (AvgIpc) is 2.16. The van der Waals surface area contributed by atoms with E-state index < -0.39 is 0 Å². The Hall–Kier alpha value is -0.830. The molecular weight excluding hydrogens is 244 g/mol. The first kappa shape index (κ1) is 11.2. The maximum absolute atomic E-state index is 11.4. The second kappa shape index (κ2) is 5.15. The second-order valence-corrected chi connectivity index (χ2v) is 4.70. The van der Waals surface area contributed by atoms with Crippen LogP contribution in [0.15, 0.2) is 24.3 Å². The zero-order valence-electron chi connectivity index (χ0n) is 8.29. The van der Waals surface area contributed by atoms with Crippen molar-refractivity contribution in [1.29, 1.82) is 0 Å². The van der Waals surface area contributed by atoms with E-state index in [1.54, 1.807) is 6.07 Å². The largest absolute Gasteiger partial charge is 0.465 e. The summed E-state index contributed by atoms with van der Waals surface area (Å²) in [5.74, 6) is -0.270. The molecule has 0 aliphatic heterocycles. The van der Waals surface area contributed by atoms with Crippen molar-refractivity contribution in [1.82, 2.24) is 0 Å². The normalized spacial score (nSPS) is 12.2. The van der Waals surface area contributed by atoms with Crippen LogP contribution in [0.4, 0.5) is 0 Å². The number of methoxy groups -OCH3 is 1. The van der Waals surface area contributed by atoms with Crippen molar-refractivity contribution in [2.45, 2.75) is 18.2 Å². The molecule has 0 spiro atoms. The zero-order chi connectivity index (χ0) is 10.6. The summed E-state index contributed by atoms with van der Waals surface area (Å²) in [5, 5.41) is 0. The molecule has 1 rings (SSSR count). The van der Waals surface area contributed by atoms with E-state index in [2.05, 4.69) is 15.9 Å². The Labute approximate surface area is 92.4 Å². The molecule has 0 aliphatic rings. The van der Waals surface area contributed by atoms with Crippen molar-refractivity contribution in [3.05, 3.63) is 35.4 Å². The number of esters is 1. The molecule has 0 fully saturated rings. The molecule has 0 amide bonds. The van der Waals surface area contributed by atoms with Gasteiger partial charge in [0, 0.05) is 4.83 Å². The molecular formula is C11H13BrO2. The third kappa shape index (κ3) is 2.84. The van der Waals surface area contributed by atoms with E-state index in [0.29, 0.717) is 10.4 Å². The van der Waals surface area contributed by atoms with Crippen molar-refractivity contribution in [3.8, 4) is 0 Å².